The van der Waals surface area contributed by atoms with Crippen LogP contribution in [0.2, 0.25) is 0 Å². The van der Waals surface area contributed by atoms with Gasteiger partial charge in [0.15, 0.2) is 5.96 Å². The van der Waals surface area contributed by atoms with Crippen LogP contribution in [0.3, 0.4) is 0 Å². The van der Waals surface area contributed by atoms with Gasteiger partial charge >= 0.3 is 6.09 Å². The molecule has 1 aromatic carbocycles. The summed E-state index contributed by atoms with van der Waals surface area (Å²) in [7, 11) is 0. The molecule has 1 atom stereocenters. The van der Waals surface area contributed by atoms with E-state index in [2.05, 4.69) is 20.2 Å². The van der Waals surface area contributed by atoms with Gasteiger partial charge in [-0.05, 0) is 32.4 Å². The number of benzene rings is 1. The number of pyridine rings is 1. The third-order valence-corrected chi connectivity index (χ3v) is 5.36. The molecule has 3 heterocycles. The maximum absolute atomic E-state index is 12.4. The SMILES string of the molecule is CC(C)(C)OC(=O)N1CCN2C(NCc3cccnc3OCc3ccccc3)=NCC2C1. The first-order valence-corrected chi connectivity index (χ1v) is 11.0. The zero-order valence-corrected chi connectivity index (χ0v) is 19.0. The highest BCUT2D eigenvalue weighted by Crippen LogP contribution is 2.20. The van der Waals surface area contributed by atoms with Crippen LogP contribution in [0.5, 0.6) is 5.88 Å². The van der Waals surface area contributed by atoms with Gasteiger partial charge in [0.25, 0.3) is 0 Å². The van der Waals surface area contributed by atoms with Crippen LogP contribution >= 0.6 is 0 Å². The highest BCUT2D eigenvalue weighted by Gasteiger charge is 2.36. The molecule has 2 aliphatic rings. The second-order valence-electron chi connectivity index (χ2n) is 9.03. The molecule has 2 aromatic rings. The Hall–Kier alpha value is -3.29. The van der Waals surface area contributed by atoms with E-state index in [9.17, 15) is 4.79 Å². The number of aliphatic imine (C=N–C) groups is 1. The number of carbonyl (C=O) groups excluding carboxylic acids is 1. The molecule has 1 amide bonds. The van der Waals surface area contributed by atoms with E-state index >= 15 is 0 Å². The fraction of sp³-hybridized carbons (Fsp3) is 0.458. The highest BCUT2D eigenvalue weighted by atomic mass is 16.6. The topological polar surface area (TPSA) is 79.3 Å². The Kier molecular flexibility index (Phi) is 6.48. The average Bonchev–Trinajstić information content (AvgIpc) is 3.18. The molecule has 1 N–H and O–H groups in total. The number of guanidine groups is 1. The molecule has 1 unspecified atom stereocenters. The molecule has 1 fully saturated rings. The summed E-state index contributed by atoms with van der Waals surface area (Å²) in [6.45, 7) is 9.31. The van der Waals surface area contributed by atoms with Gasteiger partial charge in [0.05, 0.1) is 12.6 Å². The van der Waals surface area contributed by atoms with E-state index < -0.39 is 5.60 Å². The molecular weight excluding hydrogens is 406 g/mol. The van der Waals surface area contributed by atoms with Gasteiger partial charge in [0.2, 0.25) is 5.88 Å². The summed E-state index contributed by atoms with van der Waals surface area (Å²) in [6, 6.07) is 14.1. The Balaban J connectivity index is 1.31. The summed E-state index contributed by atoms with van der Waals surface area (Å²) in [5, 5.41) is 3.44. The Morgan fingerprint density at radius 1 is 1.16 bits per heavy atom. The van der Waals surface area contributed by atoms with Crippen LogP contribution < -0.4 is 10.1 Å². The number of rotatable bonds is 5. The molecule has 1 aromatic heterocycles. The van der Waals surface area contributed by atoms with Crippen molar-refractivity contribution in [2.75, 3.05) is 26.2 Å². The highest BCUT2D eigenvalue weighted by molar-refractivity contribution is 5.82. The fourth-order valence-corrected chi connectivity index (χ4v) is 3.81. The number of piperazine rings is 1. The minimum absolute atomic E-state index is 0.168. The summed E-state index contributed by atoms with van der Waals surface area (Å²) in [4.78, 5) is 25.5. The number of carbonyl (C=O) groups is 1. The maximum atomic E-state index is 12.4. The number of nitrogens with one attached hydrogen (secondary N) is 1. The van der Waals surface area contributed by atoms with Gasteiger partial charge < -0.3 is 24.6 Å². The number of fused-ring (bicyclic) bond motifs is 1. The van der Waals surface area contributed by atoms with Crippen LogP contribution in [0.4, 0.5) is 4.79 Å². The largest absolute Gasteiger partial charge is 0.473 e. The van der Waals surface area contributed by atoms with Crippen LogP contribution in [0.25, 0.3) is 0 Å². The van der Waals surface area contributed by atoms with E-state index in [0.29, 0.717) is 38.7 Å². The molecule has 8 nitrogen and oxygen atoms in total. The molecule has 8 heteroatoms. The number of hydrogen-bond acceptors (Lipinski definition) is 7. The molecule has 0 bridgehead atoms. The van der Waals surface area contributed by atoms with Gasteiger partial charge in [0.1, 0.15) is 12.2 Å². The van der Waals surface area contributed by atoms with Crippen LogP contribution in [-0.2, 0) is 17.9 Å². The Labute approximate surface area is 189 Å². The van der Waals surface area contributed by atoms with Crippen molar-refractivity contribution < 1.29 is 14.3 Å². The van der Waals surface area contributed by atoms with Crippen molar-refractivity contribution in [3.8, 4) is 5.88 Å². The van der Waals surface area contributed by atoms with Crippen molar-refractivity contribution in [1.29, 1.82) is 0 Å². The third-order valence-electron chi connectivity index (χ3n) is 5.36. The molecule has 170 valence electrons. The molecule has 0 aliphatic carbocycles. The molecule has 1 saturated heterocycles. The number of ether oxygens (including phenoxy) is 2. The van der Waals surface area contributed by atoms with Crippen molar-refractivity contribution in [1.82, 2.24) is 20.1 Å². The van der Waals surface area contributed by atoms with Crippen LogP contribution in [0.1, 0.15) is 31.9 Å². The molecule has 4 rings (SSSR count). The number of amides is 1. The monoisotopic (exact) mass is 437 g/mol. The van der Waals surface area contributed by atoms with Gasteiger partial charge in [-0.15, -0.1) is 0 Å². The molecule has 0 spiro atoms. The standard InChI is InChI=1S/C24H31N5O3/c1-24(2,3)32-23(30)28-12-13-29-20(16-28)15-27-22(29)26-14-19-10-7-11-25-21(19)31-17-18-8-5-4-6-9-18/h4-11,20H,12-17H2,1-3H3,(H,26,27). The van der Waals surface area contributed by atoms with Gasteiger partial charge in [0, 0.05) is 37.9 Å². The van der Waals surface area contributed by atoms with E-state index in [-0.39, 0.29) is 12.1 Å². The van der Waals surface area contributed by atoms with E-state index in [4.69, 9.17) is 9.47 Å². The van der Waals surface area contributed by atoms with Crippen LogP contribution in [0, 0.1) is 0 Å². The third kappa shape index (κ3) is 5.49. The van der Waals surface area contributed by atoms with E-state index in [1.165, 1.54) is 0 Å². The van der Waals surface area contributed by atoms with E-state index in [0.717, 1.165) is 23.6 Å². The first-order valence-electron chi connectivity index (χ1n) is 11.0. The second-order valence-corrected chi connectivity index (χ2v) is 9.03. The molecule has 32 heavy (non-hydrogen) atoms. The molecule has 2 aliphatic heterocycles. The lowest BCUT2D eigenvalue weighted by atomic mass is 10.2. The van der Waals surface area contributed by atoms with Crippen molar-refractivity contribution in [2.45, 2.75) is 45.6 Å². The zero-order valence-electron chi connectivity index (χ0n) is 19.0. The van der Waals surface area contributed by atoms with Crippen LogP contribution in [-0.4, -0.2) is 64.7 Å². The molecule has 0 saturated carbocycles. The summed E-state index contributed by atoms with van der Waals surface area (Å²) < 4.78 is 11.5. The summed E-state index contributed by atoms with van der Waals surface area (Å²) >= 11 is 0. The van der Waals surface area contributed by atoms with E-state index in [1.54, 1.807) is 11.1 Å². The lowest BCUT2D eigenvalue weighted by Crippen LogP contribution is -2.57. The lowest BCUT2D eigenvalue weighted by Gasteiger charge is -2.39. The predicted octanol–water partition coefficient (Wildman–Crippen LogP) is 3.04. The summed E-state index contributed by atoms with van der Waals surface area (Å²) in [5.41, 5.74) is 1.59. The summed E-state index contributed by atoms with van der Waals surface area (Å²) in [6.07, 6.45) is 1.48. The first-order chi connectivity index (χ1) is 15.4. The smallest absolute Gasteiger partial charge is 0.410 e. The number of aromatic nitrogens is 1. The van der Waals surface area contributed by atoms with Crippen molar-refractivity contribution in [2.24, 2.45) is 4.99 Å². The number of nitrogens with zero attached hydrogens (tertiary/aromatic N) is 4. The Morgan fingerprint density at radius 2 is 1.97 bits per heavy atom. The van der Waals surface area contributed by atoms with Gasteiger partial charge in [-0.3, -0.25) is 4.99 Å². The lowest BCUT2D eigenvalue weighted by molar-refractivity contribution is 0.0137. The zero-order chi connectivity index (χ0) is 22.6. The van der Waals surface area contributed by atoms with Gasteiger partial charge in [-0.25, -0.2) is 9.78 Å². The maximum Gasteiger partial charge on any atom is 0.410 e. The fourth-order valence-electron chi connectivity index (χ4n) is 3.81. The minimum Gasteiger partial charge on any atom is -0.473 e. The van der Waals surface area contributed by atoms with Gasteiger partial charge in [-0.2, -0.15) is 0 Å². The van der Waals surface area contributed by atoms with Gasteiger partial charge in [-0.1, -0.05) is 36.4 Å². The normalized spacial score (nSPS) is 18.1. The minimum atomic E-state index is -0.489. The van der Waals surface area contributed by atoms with Crippen LogP contribution in [0.15, 0.2) is 53.7 Å². The number of hydrogen-bond donors (Lipinski definition) is 1. The second kappa shape index (κ2) is 9.46. The quantitative estimate of drug-likeness (QED) is 0.775. The Morgan fingerprint density at radius 3 is 2.75 bits per heavy atom. The Bertz CT molecular complexity index is 958. The van der Waals surface area contributed by atoms with E-state index in [1.807, 2.05) is 63.2 Å². The average molecular weight is 438 g/mol. The van der Waals surface area contributed by atoms with Crippen molar-refractivity contribution in [3.05, 3.63) is 59.8 Å². The molecule has 0 radical (unpaired) electrons. The predicted molar refractivity (Wildman–Crippen MR) is 122 cm³/mol. The van der Waals surface area contributed by atoms with Crippen molar-refractivity contribution in [3.63, 3.8) is 0 Å². The van der Waals surface area contributed by atoms with Crippen molar-refractivity contribution >= 4 is 12.1 Å². The summed E-state index contributed by atoms with van der Waals surface area (Å²) in [5.74, 6) is 1.48. The first kappa shape index (κ1) is 21.9. The molecular formula is C24H31N5O3.